The summed E-state index contributed by atoms with van der Waals surface area (Å²) in [5.74, 6) is -1.43. The molecule has 0 bridgehead atoms. The van der Waals surface area contributed by atoms with Gasteiger partial charge < -0.3 is 14.2 Å². The van der Waals surface area contributed by atoms with Crippen molar-refractivity contribution in [3.05, 3.63) is 57.4 Å². The third-order valence-corrected chi connectivity index (χ3v) is 4.78. The lowest BCUT2D eigenvalue weighted by Gasteiger charge is -2.14. The van der Waals surface area contributed by atoms with Crippen LogP contribution in [0, 0.1) is 25.2 Å². The Morgan fingerprint density at radius 2 is 1.90 bits per heavy atom. The van der Waals surface area contributed by atoms with E-state index in [0.29, 0.717) is 17.0 Å². The Labute approximate surface area is 182 Å². The number of carbonyl (C=O) groups is 2. The summed E-state index contributed by atoms with van der Waals surface area (Å²) in [6.07, 6.45) is -3.35. The van der Waals surface area contributed by atoms with E-state index < -0.39 is 35.2 Å². The van der Waals surface area contributed by atoms with Crippen LogP contribution in [-0.4, -0.2) is 42.0 Å². The van der Waals surface area contributed by atoms with Crippen LogP contribution in [0.5, 0.6) is 0 Å². The molecule has 0 aliphatic carbocycles. The highest BCUT2D eigenvalue weighted by Gasteiger charge is 2.33. The van der Waals surface area contributed by atoms with Gasteiger partial charge in [-0.15, -0.1) is 0 Å². The predicted octanol–water partition coefficient (Wildman–Crippen LogP) is 4.30. The summed E-state index contributed by atoms with van der Waals surface area (Å²) < 4.78 is 46.1. The number of hydrogen-bond acceptors (Lipinski definition) is 4. The number of amides is 1. The molecule has 10 heteroatoms. The number of aryl methyl sites for hydroxylation is 1. The molecule has 0 aliphatic rings. The number of esters is 1. The van der Waals surface area contributed by atoms with E-state index in [1.807, 2.05) is 0 Å². The summed E-state index contributed by atoms with van der Waals surface area (Å²) in [4.78, 5) is 24.9. The Kier molecular flexibility index (Phi) is 7.18. The monoisotopic (exact) mass is 453 g/mol. The van der Waals surface area contributed by atoms with E-state index in [9.17, 15) is 28.0 Å². The molecule has 0 radical (unpaired) electrons. The summed E-state index contributed by atoms with van der Waals surface area (Å²) >= 11 is 5.69. The minimum atomic E-state index is -4.62. The predicted molar refractivity (Wildman–Crippen MR) is 108 cm³/mol. The summed E-state index contributed by atoms with van der Waals surface area (Å²) in [6.45, 7) is 2.79. The molecule has 0 aliphatic heterocycles. The zero-order chi connectivity index (χ0) is 23.5. The largest absolute Gasteiger partial charge is 0.451 e. The number of hydrogen-bond donors (Lipinski definition) is 0. The first kappa shape index (κ1) is 24.0. The molecule has 31 heavy (non-hydrogen) atoms. The van der Waals surface area contributed by atoms with E-state index in [1.54, 1.807) is 30.6 Å². The molecule has 0 saturated carbocycles. The maximum Gasteiger partial charge on any atom is 0.417 e. The van der Waals surface area contributed by atoms with Crippen LogP contribution in [0.2, 0.25) is 5.02 Å². The van der Waals surface area contributed by atoms with Crippen LogP contribution in [0.15, 0.2) is 29.8 Å². The van der Waals surface area contributed by atoms with E-state index in [4.69, 9.17) is 16.3 Å². The van der Waals surface area contributed by atoms with E-state index >= 15 is 0 Å². The number of nitrogens with zero attached hydrogens (tertiary/aromatic N) is 3. The first-order valence-electron chi connectivity index (χ1n) is 8.92. The zero-order valence-corrected chi connectivity index (χ0v) is 17.9. The highest BCUT2D eigenvalue weighted by Crippen LogP contribution is 2.36. The molecule has 0 fully saturated rings. The number of ether oxygens (including phenoxy) is 1. The van der Waals surface area contributed by atoms with Crippen molar-refractivity contribution < 1.29 is 27.5 Å². The van der Waals surface area contributed by atoms with Crippen molar-refractivity contribution >= 4 is 29.6 Å². The summed E-state index contributed by atoms with van der Waals surface area (Å²) in [5.41, 5.74) is 0.421. The molecule has 1 amide bonds. The lowest BCUT2D eigenvalue weighted by atomic mass is 10.1. The molecule has 1 heterocycles. The van der Waals surface area contributed by atoms with Crippen molar-refractivity contribution in [1.82, 2.24) is 9.47 Å². The van der Waals surface area contributed by atoms with Crippen molar-refractivity contribution in [1.29, 1.82) is 5.26 Å². The van der Waals surface area contributed by atoms with E-state index in [1.165, 1.54) is 31.1 Å². The number of benzene rings is 1. The molecule has 6 nitrogen and oxygen atoms in total. The third kappa shape index (κ3) is 5.47. The van der Waals surface area contributed by atoms with Gasteiger partial charge in [0.15, 0.2) is 6.61 Å². The van der Waals surface area contributed by atoms with Gasteiger partial charge in [-0.2, -0.15) is 18.4 Å². The van der Waals surface area contributed by atoms with Gasteiger partial charge in [0, 0.05) is 31.2 Å². The summed E-state index contributed by atoms with van der Waals surface area (Å²) in [5, 5.41) is 8.90. The normalized spacial score (nSPS) is 11.8. The van der Waals surface area contributed by atoms with Gasteiger partial charge in [-0.05, 0) is 49.8 Å². The number of halogens is 4. The molecule has 164 valence electrons. The minimum Gasteiger partial charge on any atom is -0.451 e. The number of nitriles is 1. The molecule has 0 spiro atoms. The quantitative estimate of drug-likeness (QED) is 0.384. The molecule has 1 aromatic heterocycles. The number of rotatable bonds is 5. The molecular weight excluding hydrogens is 435 g/mol. The van der Waals surface area contributed by atoms with Crippen molar-refractivity contribution in [3.63, 3.8) is 0 Å². The molecule has 0 N–H and O–H groups in total. The number of likely N-dealkylation sites (N-methyl/N-ethyl adjacent to an activating group) is 1. The van der Waals surface area contributed by atoms with Crippen molar-refractivity contribution in [3.8, 4) is 11.8 Å². The van der Waals surface area contributed by atoms with Gasteiger partial charge in [-0.1, -0.05) is 11.6 Å². The average Bonchev–Trinajstić information content (AvgIpc) is 2.96. The standard InChI is InChI=1S/C21H19ClF3N3O3/c1-12-7-14(8-15(10-26)20(30)31-11-19(29)27(3)4)13(2)28(12)16-5-6-18(22)17(9-16)21(23,24)25/h5-9H,11H2,1-4H3/b15-8+. The van der Waals surface area contributed by atoms with Crippen molar-refractivity contribution in [2.45, 2.75) is 20.0 Å². The number of alkyl halides is 3. The van der Waals surface area contributed by atoms with E-state index in [-0.39, 0.29) is 11.3 Å². The first-order chi connectivity index (χ1) is 14.4. The summed E-state index contributed by atoms with van der Waals surface area (Å²) in [7, 11) is 2.99. The Morgan fingerprint density at radius 1 is 1.26 bits per heavy atom. The van der Waals surface area contributed by atoms with Crippen LogP contribution in [-0.2, 0) is 20.5 Å². The van der Waals surface area contributed by atoms with Crippen LogP contribution in [0.25, 0.3) is 11.8 Å². The topological polar surface area (TPSA) is 75.3 Å². The summed E-state index contributed by atoms with van der Waals surface area (Å²) in [6, 6.07) is 6.87. The van der Waals surface area contributed by atoms with Crippen LogP contribution < -0.4 is 0 Å². The Balaban J connectivity index is 2.42. The molecule has 0 saturated heterocycles. The zero-order valence-electron chi connectivity index (χ0n) is 17.2. The Bertz CT molecular complexity index is 1100. The van der Waals surface area contributed by atoms with Gasteiger partial charge in [0.1, 0.15) is 11.6 Å². The minimum absolute atomic E-state index is 0.226. The molecule has 0 unspecified atom stereocenters. The van der Waals surface area contributed by atoms with Gasteiger partial charge >= 0.3 is 12.1 Å². The second-order valence-electron chi connectivity index (χ2n) is 6.86. The van der Waals surface area contributed by atoms with Gasteiger partial charge in [0.25, 0.3) is 5.91 Å². The van der Waals surface area contributed by atoms with E-state index in [0.717, 1.165) is 12.1 Å². The molecule has 2 aromatic rings. The van der Waals surface area contributed by atoms with Crippen LogP contribution in [0.1, 0.15) is 22.5 Å². The molecular formula is C21H19ClF3N3O3. The van der Waals surface area contributed by atoms with Crippen LogP contribution in [0.3, 0.4) is 0 Å². The van der Waals surface area contributed by atoms with Crippen molar-refractivity contribution in [2.75, 3.05) is 20.7 Å². The fraction of sp³-hybridized carbons (Fsp3) is 0.286. The SMILES string of the molecule is Cc1cc(/C=C(\C#N)C(=O)OCC(=O)N(C)C)c(C)n1-c1ccc(Cl)c(C(F)(F)F)c1. The molecule has 0 atom stereocenters. The molecule has 1 aromatic carbocycles. The maximum atomic E-state index is 13.2. The number of aromatic nitrogens is 1. The third-order valence-electron chi connectivity index (χ3n) is 4.45. The fourth-order valence-corrected chi connectivity index (χ4v) is 3.05. The van der Waals surface area contributed by atoms with Crippen molar-refractivity contribution in [2.24, 2.45) is 0 Å². The van der Waals surface area contributed by atoms with Gasteiger partial charge in [0.2, 0.25) is 0 Å². The average molecular weight is 454 g/mol. The lowest BCUT2D eigenvalue weighted by molar-refractivity contribution is -0.147. The Morgan fingerprint density at radius 3 is 2.45 bits per heavy atom. The van der Waals surface area contributed by atoms with E-state index in [2.05, 4.69) is 0 Å². The first-order valence-corrected chi connectivity index (χ1v) is 9.29. The Hall–Kier alpha value is -3.25. The smallest absolute Gasteiger partial charge is 0.417 e. The fourth-order valence-electron chi connectivity index (χ4n) is 2.83. The van der Waals surface area contributed by atoms with Gasteiger partial charge in [-0.25, -0.2) is 4.79 Å². The highest BCUT2D eigenvalue weighted by molar-refractivity contribution is 6.31. The van der Waals surface area contributed by atoms with Crippen LogP contribution in [0.4, 0.5) is 13.2 Å². The van der Waals surface area contributed by atoms with Gasteiger partial charge in [-0.3, -0.25) is 4.79 Å². The maximum absolute atomic E-state index is 13.2. The highest BCUT2D eigenvalue weighted by atomic mass is 35.5. The lowest BCUT2D eigenvalue weighted by Crippen LogP contribution is -2.27. The number of carbonyl (C=O) groups excluding carboxylic acids is 2. The second-order valence-corrected chi connectivity index (χ2v) is 7.27. The second kappa shape index (κ2) is 9.27. The van der Waals surface area contributed by atoms with Gasteiger partial charge in [0.05, 0.1) is 10.6 Å². The molecule has 2 rings (SSSR count). The van der Waals surface area contributed by atoms with Crippen LogP contribution >= 0.6 is 11.6 Å².